The van der Waals surface area contributed by atoms with Gasteiger partial charge in [-0.3, -0.25) is 9.59 Å². The molecule has 3 N–H and O–H groups in total. The van der Waals surface area contributed by atoms with Crippen molar-refractivity contribution in [3.63, 3.8) is 0 Å². The van der Waals surface area contributed by atoms with Gasteiger partial charge in [-0.25, -0.2) is 9.18 Å². The van der Waals surface area contributed by atoms with Gasteiger partial charge in [0.25, 0.3) is 5.91 Å². The van der Waals surface area contributed by atoms with E-state index >= 15 is 0 Å². The van der Waals surface area contributed by atoms with Crippen LogP contribution in [-0.2, 0) is 15.1 Å². The van der Waals surface area contributed by atoms with E-state index in [-0.39, 0.29) is 24.4 Å². The summed E-state index contributed by atoms with van der Waals surface area (Å²) in [6, 6.07) is 13.6. The largest absolute Gasteiger partial charge is 0.479 e. The maximum Gasteiger partial charge on any atom is 0.333 e. The SMILES string of the molecule is CC(NC(=O)CCCNC(=O)c1ccccc1)(C(=O)O)c1ccc(F)cc1. The monoisotopic (exact) mass is 372 g/mol. The van der Waals surface area contributed by atoms with E-state index in [1.54, 1.807) is 24.3 Å². The summed E-state index contributed by atoms with van der Waals surface area (Å²) in [6.45, 7) is 1.62. The van der Waals surface area contributed by atoms with Crippen LogP contribution in [0.4, 0.5) is 4.39 Å². The minimum absolute atomic E-state index is 0.0408. The zero-order valence-electron chi connectivity index (χ0n) is 14.9. The van der Waals surface area contributed by atoms with Gasteiger partial charge in [0.1, 0.15) is 5.82 Å². The Morgan fingerprint density at radius 1 is 1.04 bits per heavy atom. The van der Waals surface area contributed by atoms with Crippen molar-refractivity contribution in [1.82, 2.24) is 10.6 Å². The highest BCUT2D eigenvalue weighted by Crippen LogP contribution is 2.22. The van der Waals surface area contributed by atoms with Crippen molar-refractivity contribution >= 4 is 17.8 Å². The van der Waals surface area contributed by atoms with Crippen molar-refractivity contribution in [1.29, 1.82) is 0 Å². The Bertz CT molecular complexity index is 808. The molecule has 7 heteroatoms. The van der Waals surface area contributed by atoms with Crippen molar-refractivity contribution in [2.75, 3.05) is 6.54 Å². The van der Waals surface area contributed by atoms with Gasteiger partial charge in [-0.05, 0) is 43.2 Å². The third-order valence-corrected chi connectivity index (χ3v) is 4.14. The van der Waals surface area contributed by atoms with Gasteiger partial charge >= 0.3 is 5.97 Å². The summed E-state index contributed by atoms with van der Waals surface area (Å²) >= 11 is 0. The average molecular weight is 372 g/mol. The molecular weight excluding hydrogens is 351 g/mol. The average Bonchev–Trinajstić information content (AvgIpc) is 2.66. The van der Waals surface area contributed by atoms with E-state index in [9.17, 15) is 23.9 Å². The van der Waals surface area contributed by atoms with Gasteiger partial charge in [-0.2, -0.15) is 0 Å². The molecule has 2 aromatic rings. The van der Waals surface area contributed by atoms with Gasteiger partial charge in [0.15, 0.2) is 5.54 Å². The first-order valence-corrected chi connectivity index (χ1v) is 8.46. The molecular formula is C20H21FN2O4. The lowest BCUT2D eigenvalue weighted by atomic mass is 9.91. The molecule has 2 amide bonds. The molecule has 27 heavy (non-hydrogen) atoms. The molecule has 0 radical (unpaired) electrons. The van der Waals surface area contributed by atoms with Crippen LogP contribution in [-0.4, -0.2) is 29.4 Å². The summed E-state index contributed by atoms with van der Waals surface area (Å²) < 4.78 is 13.1. The van der Waals surface area contributed by atoms with Crippen LogP contribution in [0.1, 0.15) is 35.7 Å². The molecule has 0 spiro atoms. The first-order chi connectivity index (χ1) is 12.8. The predicted molar refractivity (Wildman–Crippen MR) is 97.5 cm³/mol. The van der Waals surface area contributed by atoms with Crippen molar-refractivity contribution in [2.24, 2.45) is 0 Å². The Labute approximate surface area is 156 Å². The Morgan fingerprint density at radius 2 is 1.67 bits per heavy atom. The fourth-order valence-electron chi connectivity index (χ4n) is 2.52. The fraction of sp³-hybridized carbons (Fsp3) is 0.250. The molecule has 1 unspecified atom stereocenters. The van der Waals surface area contributed by atoms with Gasteiger partial charge in [0.05, 0.1) is 0 Å². The van der Waals surface area contributed by atoms with Crippen LogP contribution in [0.15, 0.2) is 54.6 Å². The second-order valence-corrected chi connectivity index (χ2v) is 6.21. The molecule has 0 saturated heterocycles. The molecule has 0 heterocycles. The highest BCUT2D eigenvalue weighted by Gasteiger charge is 2.36. The molecule has 0 aromatic heterocycles. The number of hydrogen-bond donors (Lipinski definition) is 3. The predicted octanol–water partition coefficient (Wildman–Crippen LogP) is 2.45. The lowest BCUT2D eigenvalue weighted by Gasteiger charge is -2.27. The molecule has 0 aliphatic carbocycles. The first kappa shape index (κ1) is 20.1. The molecule has 0 aliphatic heterocycles. The third kappa shape index (κ3) is 5.37. The quantitative estimate of drug-likeness (QED) is 0.620. The zero-order valence-corrected chi connectivity index (χ0v) is 14.9. The summed E-state index contributed by atoms with van der Waals surface area (Å²) in [7, 11) is 0. The molecule has 0 bridgehead atoms. The van der Waals surface area contributed by atoms with Crippen molar-refractivity contribution < 1.29 is 23.9 Å². The molecule has 2 rings (SSSR count). The summed E-state index contributed by atoms with van der Waals surface area (Å²) in [5.41, 5.74) is -0.878. The topological polar surface area (TPSA) is 95.5 Å². The van der Waals surface area contributed by atoms with Crippen LogP contribution < -0.4 is 10.6 Å². The number of rotatable bonds is 8. The second kappa shape index (κ2) is 8.93. The second-order valence-electron chi connectivity index (χ2n) is 6.21. The van der Waals surface area contributed by atoms with Crippen molar-refractivity contribution in [3.8, 4) is 0 Å². The number of benzene rings is 2. The highest BCUT2D eigenvalue weighted by molar-refractivity contribution is 5.94. The van der Waals surface area contributed by atoms with Gasteiger partial charge in [0, 0.05) is 18.5 Å². The van der Waals surface area contributed by atoms with Crippen LogP contribution in [0.2, 0.25) is 0 Å². The number of aliphatic carboxylic acids is 1. The Hall–Kier alpha value is -3.22. The Kier molecular flexibility index (Phi) is 6.65. The van der Waals surface area contributed by atoms with Gasteiger partial charge in [0.2, 0.25) is 5.91 Å². The number of carbonyl (C=O) groups is 3. The summed E-state index contributed by atoms with van der Waals surface area (Å²) in [4.78, 5) is 35.7. The van der Waals surface area contributed by atoms with E-state index in [2.05, 4.69) is 10.6 Å². The number of hydrogen-bond acceptors (Lipinski definition) is 3. The lowest BCUT2D eigenvalue weighted by Crippen LogP contribution is -2.49. The number of halogens is 1. The van der Waals surface area contributed by atoms with E-state index in [0.29, 0.717) is 12.0 Å². The number of carboxylic acid groups (broad SMARTS) is 1. The van der Waals surface area contributed by atoms with E-state index < -0.39 is 23.2 Å². The van der Waals surface area contributed by atoms with Crippen molar-refractivity contribution in [2.45, 2.75) is 25.3 Å². The van der Waals surface area contributed by atoms with Crippen LogP contribution in [0.3, 0.4) is 0 Å². The van der Waals surface area contributed by atoms with Crippen LogP contribution in [0.25, 0.3) is 0 Å². The summed E-state index contributed by atoms with van der Waals surface area (Å²) in [5.74, 6) is -2.46. The Morgan fingerprint density at radius 3 is 2.26 bits per heavy atom. The minimum atomic E-state index is -1.67. The van der Waals surface area contributed by atoms with E-state index in [1.165, 1.54) is 19.1 Å². The standard InChI is InChI=1S/C20H21FN2O4/c1-20(19(26)27,15-9-11-16(21)12-10-15)23-17(24)8-5-13-22-18(25)14-6-3-2-4-7-14/h2-4,6-7,9-12H,5,8,13H2,1H3,(H,22,25)(H,23,24)(H,26,27). The lowest BCUT2D eigenvalue weighted by molar-refractivity contribution is -0.147. The van der Waals surface area contributed by atoms with Crippen molar-refractivity contribution in [3.05, 3.63) is 71.5 Å². The third-order valence-electron chi connectivity index (χ3n) is 4.14. The maximum absolute atomic E-state index is 13.1. The van der Waals surface area contributed by atoms with Gasteiger partial charge in [-0.15, -0.1) is 0 Å². The molecule has 0 fully saturated rings. The van der Waals surface area contributed by atoms with Gasteiger partial charge < -0.3 is 15.7 Å². The normalized spacial score (nSPS) is 12.7. The molecule has 0 aliphatic rings. The molecule has 142 valence electrons. The van der Waals surface area contributed by atoms with Crippen LogP contribution in [0.5, 0.6) is 0 Å². The number of carboxylic acids is 1. The smallest absolute Gasteiger partial charge is 0.333 e. The zero-order chi connectivity index (χ0) is 19.9. The fourth-order valence-corrected chi connectivity index (χ4v) is 2.52. The summed E-state index contributed by atoms with van der Waals surface area (Å²) in [5, 5.41) is 14.7. The molecule has 0 saturated carbocycles. The van der Waals surface area contributed by atoms with E-state index in [1.807, 2.05) is 6.07 Å². The number of amides is 2. The Balaban J connectivity index is 1.86. The maximum atomic E-state index is 13.1. The number of carbonyl (C=O) groups excluding carboxylic acids is 2. The first-order valence-electron chi connectivity index (χ1n) is 8.46. The van der Waals surface area contributed by atoms with Gasteiger partial charge in [-0.1, -0.05) is 30.3 Å². The molecule has 2 aromatic carbocycles. The molecule has 1 atom stereocenters. The minimum Gasteiger partial charge on any atom is -0.479 e. The molecule has 6 nitrogen and oxygen atoms in total. The van der Waals surface area contributed by atoms with E-state index in [4.69, 9.17) is 0 Å². The summed E-state index contributed by atoms with van der Waals surface area (Å²) in [6.07, 6.45) is 0.392. The highest BCUT2D eigenvalue weighted by atomic mass is 19.1. The van der Waals surface area contributed by atoms with Crippen LogP contribution in [0, 0.1) is 5.82 Å². The van der Waals surface area contributed by atoms with E-state index in [0.717, 1.165) is 12.1 Å². The number of nitrogens with one attached hydrogen (secondary N) is 2. The van der Waals surface area contributed by atoms with Crippen LogP contribution >= 0.6 is 0 Å².